The Morgan fingerprint density at radius 2 is 1.78 bits per heavy atom. The lowest BCUT2D eigenvalue weighted by molar-refractivity contribution is -0.120. The molecule has 0 atom stereocenters. The maximum Gasteiger partial charge on any atom is 0.255 e. The lowest BCUT2D eigenvalue weighted by atomic mass is 10.1. The molecular formula is C21H23N3O3. The standard InChI is InChI=1S/C21H23N3O3/c25-20(15-23-10-12-27-13-11-23)24-9-8-16-6-7-18(14-19(16)24)22-21(26)17-4-2-1-3-5-17/h1-7,14H,8-13,15H2,(H,22,26). The van der Waals surface area contributed by atoms with Gasteiger partial charge in [-0.25, -0.2) is 0 Å². The minimum atomic E-state index is -0.153. The van der Waals surface area contributed by atoms with Gasteiger partial charge in [0.05, 0.1) is 19.8 Å². The van der Waals surface area contributed by atoms with Crippen LogP contribution >= 0.6 is 0 Å². The van der Waals surface area contributed by atoms with Gasteiger partial charge in [-0.05, 0) is 36.2 Å². The number of fused-ring (bicyclic) bond motifs is 1. The van der Waals surface area contributed by atoms with Crippen molar-refractivity contribution < 1.29 is 14.3 Å². The molecular weight excluding hydrogens is 342 g/mol. The molecule has 0 radical (unpaired) electrons. The number of hydrogen-bond acceptors (Lipinski definition) is 4. The van der Waals surface area contributed by atoms with E-state index in [-0.39, 0.29) is 11.8 Å². The van der Waals surface area contributed by atoms with Gasteiger partial charge in [0.25, 0.3) is 5.91 Å². The number of carbonyl (C=O) groups is 2. The van der Waals surface area contributed by atoms with Crippen LogP contribution in [0.4, 0.5) is 11.4 Å². The molecule has 2 aromatic carbocycles. The van der Waals surface area contributed by atoms with E-state index >= 15 is 0 Å². The molecule has 6 nitrogen and oxygen atoms in total. The number of hydrogen-bond donors (Lipinski definition) is 1. The van der Waals surface area contributed by atoms with E-state index in [1.165, 1.54) is 0 Å². The third-order valence-electron chi connectivity index (χ3n) is 5.04. The van der Waals surface area contributed by atoms with Gasteiger partial charge in [-0.2, -0.15) is 0 Å². The highest BCUT2D eigenvalue weighted by molar-refractivity contribution is 6.05. The average molecular weight is 365 g/mol. The molecule has 0 unspecified atom stereocenters. The highest BCUT2D eigenvalue weighted by Gasteiger charge is 2.27. The molecule has 2 aliphatic rings. The first-order valence-corrected chi connectivity index (χ1v) is 9.30. The Balaban J connectivity index is 1.46. The van der Waals surface area contributed by atoms with Gasteiger partial charge < -0.3 is 15.0 Å². The van der Waals surface area contributed by atoms with Crippen LogP contribution in [0.25, 0.3) is 0 Å². The molecule has 6 heteroatoms. The highest BCUT2D eigenvalue weighted by Crippen LogP contribution is 2.31. The third kappa shape index (κ3) is 4.02. The van der Waals surface area contributed by atoms with Crippen molar-refractivity contribution in [2.45, 2.75) is 6.42 Å². The Hall–Kier alpha value is -2.70. The second-order valence-electron chi connectivity index (χ2n) is 6.85. The molecule has 4 rings (SSSR count). The Bertz CT molecular complexity index is 832. The van der Waals surface area contributed by atoms with Gasteiger partial charge in [-0.15, -0.1) is 0 Å². The molecule has 0 aromatic heterocycles. The fourth-order valence-corrected chi connectivity index (χ4v) is 3.54. The lowest BCUT2D eigenvalue weighted by Crippen LogP contribution is -2.44. The van der Waals surface area contributed by atoms with E-state index in [0.717, 1.165) is 30.8 Å². The van der Waals surface area contributed by atoms with Crippen molar-refractivity contribution in [2.75, 3.05) is 49.6 Å². The minimum Gasteiger partial charge on any atom is -0.379 e. The fraction of sp³-hybridized carbons (Fsp3) is 0.333. The first-order valence-electron chi connectivity index (χ1n) is 9.30. The van der Waals surface area contributed by atoms with Crippen LogP contribution in [0.2, 0.25) is 0 Å². The van der Waals surface area contributed by atoms with Crippen molar-refractivity contribution >= 4 is 23.2 Å². The van der Waals surface area contributed by atoms with Gasteiger partial charge in [0.2, 0.25) is 5.91 Å². The molecule has 2 heterocycles. The summed E-state index contributed by atoms with van der Waals surface area (Å²) in [7, 11) is 0. The first-order chi connectivity index (χ1) is 13.2. The zero-order valence-corrected chi connectivity index (χ0v) is 15.2. The molecule has 2 amide bonds. The van der Waals surface area contributed by atoms with Crippen molar-refractivity contribution in [1.82, 2.24) is 4.90 Å². The molecule has 1 N–H and O–H groups in total. The summed E-state index contributed by atoms with van der Waals surface area (Å²) in [6, 6.07) is 14.9. The van der Waals surface area contributed by atoms with Crippen LogP contribution in [-0.2, 0) is 16.0 Å². The smallest absolute Gasteiger partial charge is 0.255 e. The molecule has 2 aromatic rings. The van der Waals surface area contributed by atoms with Crippen LogP contribution in [0.15, 0.2) is 48.5 Å². The predicted octanol–water partition coefficient (Wildman–Crippen LogP) is 2.16. The van der Waals surface area contributed by atoms with Gasteiger partial charge in [0.15, 0.2) is 0 Å². The van der Waals surface area contributed by atoms with E-state index in [1.807, 2.05) is 41.3 Å². The van der Waals surface area contributed by atoms with Gasteiger partial charge in [-0.3, -0.25) is 14.5 Å². The van der Waals surface area contributed by atoms with Crippen molar-refractivity contribution in [1.29, 1.82) is 0 Å². The van der Waals surface area contributed by atoms with Crippen molar-refractivity contribution in [2.24, 2.45) is 0 Å². The van der Waals surface area contributed by atoms with Gasteiger partial charge in [0, 0.05) is 36.6 Å². The average Bonchev–Trinajstić information content (AvgIpc) is 3.13. The van der Waals surface area contributed by atoms with E-state index in [2.05, 4.69) is 10.2 Å². The summed E-state index contributed by atoms with van der Waals surface area (Å²) in [5.74, 6) is -0.0538. The molecule has 1 fully saturated rings. The lowest BCUT2D eigenvalue weighted by Gasteiger charge is -2.28. The molecule has 0 saturated carbocycles. The monoisotopic (exact) mass is 365 g/mol. The van der Waals surface area contributed by atoms with Crippen LogP contribution in [0.3, 0.4) is 0 Å². The van der Waals surface area contributed by atoms with Crippen LogP contribution in [0.5, 0.6) is 0 Å². The predicted molar refractivity (Wildman–Crippen MR) is 104 cm³/mol. The third-order valence-corrected chi connectivity index (χ3v) is 5.04. The summed E-state index contributed by atoms with van der Waals surface area (Å²) >= 11 is 0. The normalized spacial score (nSPS) is 16.8. The van der Waals surface area contributed by atoms with Crippen LogP contribution in [0, 0.1) is 0 Å². The van der Waals surface area contributed by atoms with Crippen LogP contribution in [-0.4, -0.2) is 56.1 Å². The van der Waals surface area contributed by atoms with Gasteiger partial charge in [0.1, 0.15) is 0 Å². The number of rotatable bonds is 4. The molecule has 27 heavy (non-hydrogen) atoms. The highest BCUT2D eigenvalue weighted by atomic mass is 16.5. The summed E-state index contributed by atoms with van der Waals surface area (Å²) in [6.07, 6.45) is 0.844. The summed E-state index contributed by atoms with van der Waals surface area (Å²) in [4.78, 5) is 29.1. The van der Waals surface area contributed by atoms with Crippen molar-refractivity contribution in [3.8, 4) is 0 Å². The second-order valence-corrected chi connectivity index (χ2v) is 6.85. The molecule has 0 spiro atoms. The first kappa shape index (κ1) is 17.7. The van der Waals surface area contributed by atoms with E-state index in [9.17, 15) is 9.59 Å². The number of carbonyl (C=O) groups excluding carboxylic acids is 2. The summed E-state index contributed by atoms with van der Waals surface area (Å²) < 4.78 is 5.35. The zero-order chi connectivity index (χ0) is 18.6. The largest absolute Gasteiger partial charge is 0.379 e. The van der Waals surface area contributed by atoms with Crippen LogP contribution < -0.4 is 10.2 Å². The Labute approximate surface area is 158 Å². The Morgan fingerprint density at radius 3 is 2.56 bits per heavy atom. The Morgan fingerprint density at radius 1 is 1.00 bits per heavy atom. The quantitative estimate of drug-likeness (QED) is 0.902. The summed E-state index contributed by atoms with van der Waals surface area (Å²) in [6.45, 7) is 4.04. The van der Waals surface area contributed by atoms with E-state index in [4.69, 9.17) is 4.74 Å². The van der Waals surface area contributed by atoms with E-state index in [0.29, 0.717) is 37.6 Å². The zero-order valence-electron chi connectivity index (χ0n) is 15.2. The SMILES string of the molecule is O=C(Nc1ccc2c(c1)N(C(=O)CN1CCOCC1)CC2)c1ccccc1. The second kappa shape index (κ2) is 7.90. The van der Waals surface area contributed by atoms with Crippen LogP contribution in [0.1, 0.15) is 15.9 Å². The number of amides is 2. The van der Waals surface area contributed by atoms with Crippen molar-refractivity contribution in [3.05, 3.63) is 59.7 Å². The Kier molecular flexibility index (Phi) is 5.18. The number of anilines is 2. The molecule has 1 saturated heterocycles. The van der Waals surface area contributed by atoms with Gasteiger partial charge in [-0.1, -0.05) is 24.3 Å². The maximum atomic E-state index is 12.8. The topological polar surface area (TPSA) is 61.9 Å². The van der Waals surface area contributed by atoms with E-state index < -0.39 is 0 Å². The molecule has 2 aliphatic heterocycles. The van der Waals surface area contributed by atoms with Gasteiger partial charge >= 0.3 is 0 Å². The minimum absolute atomic E-state index is 0.0992. The summed E-state index contributed by atoms with van der Waals surface area (Å²) in [5.41, 5.74) is 3.36. The molecule has 0 bridgehead atoms. The number of nitrogens with zero attached hydrogens (tertiary/aromatic N) is 2. The maximum absolute atomic E-state index is 12.8. The molecule has 140 valence electrons. The molecule has 0 aliphatic carbocycles. The number of ether oxygens (including phenoxy) is 1. The number of nitrogens with one attached hydrogen (secondary N) is 1. The number of benzene rings is 2. The van der Waals surface area contributed by atoms with Crippen molar-refractivity contribution in [3.63, 3.8) is 0 Å². The van der Waals surface area contributed by atoms with E-state index in [1.54, 1.807) is 12.1 Å². The fourth-order valence-electron chi connectivity index (χ4n) is 3.54. The number of morpholine rings is 1. The summed E-state index contributed by atoms with van der Waals surface area (Å²) in [5, 5.41) is 2.92.